The van der Waals surface area contributed by atoms with Crippen LogP contribution in [0, 0.1) is 5.92 Å². The number of urea groups is 1. The number of likely N-dealkylation sites (tertiary alicyclic amines) is 1. The second-order valence-corrected chi connectivity index (χ2v) is 6.37. The van der Waals surface area contributed by atoms with E-state index in [2.05, 4.69) is 20.8 Å². The van der Waals surface area contributed by atoms with Gasteiger partial charge in [-0.1, -0.05) is 6.92 Å². The number of aliphatic carboxylic acids is 1. The van der Waals surface area contributed by atoms with Crippen molar-refractivity contribution < 1.29 is 14.7 Å². The molecule has 20 heavy (non-hydrogen) atoms. The molecule has 1 rings (SSSR count). The Morgan fingerprint density at radius 2 is 1.85 bits per heavy atom. The Morgan fingerprint density at radius 1 is 1.30 bits per heavy atom. The third-order valence-corrected chi connectivity index (χ3v) is 4.71. The van der Waals surface area contributed by atoms with Crippen molar-refractivity contribution in [2.75, 3.05) is 20.1 Å². The Bertz CT molecular complexity index is 347. The molecule has 1 heterocycles. The summed E-state index contributed by atoms with van der Waals surface area (Å²) in [5.41, 5.74) is -0.128. The molecule has 0 saturated carbocycles. The average Bonchev–Trinajstić information content (AvgIpc) is 2.44. The highest BCUT2D eigenvalue weighted by atomic mass is 16.4. The van der Waals surface area contributed by atoms with Crippen molar-refractivity contribution in [1.29, 1.82) is 0 Å². The number of hydrogen-bond acceptors (Lipinski definition) is 2. The summed E-state index contributed by atoms with van der Waals surface area (Å²) in [5.74, 6) is -0.285. The standard InChI is InChI=1S/C15H28N2O3/c1-5-15(2,3)16(4)14(20)17-10-8-12(9-11-17)6-7-13(18)19/h12H,5-11H2,1-4H3,(H,18,19). The molecular weight excluding hydrogens is 256 g/mol. The number of piperidine rings is 1. The number of rotatable bonds is 5. The van der Waals surface area contributed by atoms with Crippen LogP contribution in [0.3, 0.4) is 0 Å². The molecule has 5 heteroatoms. The fraction of sp³-hybridized carbons (Fsp3) is 0.867. The third-order valence-electron chi connectivity index (χ3n) is 4.71. The highest BCUT2D eigenvalue weighted by Crippen LogP contribution is 2.24. The maximum absolute atomic E-state index is 12.4. The van der Waals surface area contributed by atoms with E-state index in [1.165, 1.54) is 0 Å². The van der Waals surface area contributed by atoms with Gasteiger partial charge in [-0.25, -0.2) is 4.79 Å². The Labute approximate surface area is 121 Å². The molecule has 5 nitrogen and oxygen atoms in total. The van der Waals surface area contributed by atoms with Crippen LogP contribution in [0.15, 0.2) is 0 Å². The normalized spacial score (nSPS) is 17.1. The molecule has 1 aliphatic rings. The fourth-order valence-corrected chi connectivity index (χ4v) is 2.45. The van der Waals surface area contributed by atoms with Crippen molar-refractivity contribution in [2.24, 2.45) is 5.92 Å². The lowest BCUT2D eigenvalue weighted by molar-refractivity contribution is -0.137. The maximum Gasteiger partial charge on any atom is 0.320 e. The summed E-state index contributed by atoms with van der Waals surface area (Å²) in [7, 11) is 1.86. The van der Waals surface area contributed by atoms with Crippen molar-refractivity contribution in [3.63, 3.8) is 0 Å². The molecule has 0 atom stereocenters. The van der Waals surface area contributed by atoms with Crippen LogP contribution >= 0.6 is 0 Å². The van der Waals surface area contributed by atoms with Crippen LogP contribution in [0.4, 0.5) is 4.79 Å². The second-order valence-electron chi connectivity index (χ2n) is 6.37. The maximum atomic E-state index is 12.4. The van der Waals surface area contributed by atoms with Crippen LogP contribution in [0.1, 0.15) is 52.9 Å². The first-order valence-electron chi connectivity index (χ1n) is 7.52. The van der Waals surface area contributed by atoms with Crippen molar-refractivity contribution in [1.82, 2.24) is 9.80 Å². The number of carboxylic acid groups (broad SMARTS) is 1. The van der Waals surface area contributed by atoms with Crippen LogP contribution in [-0.2, 0) is 4.79 Å². The van der Waals surface area contributed by atoms with Gasteiger partial charge in [0.15, 0.2) is 0 Å². The number of hydrogen-bond donors (Lipinski definition) is 1. The summed E-state index contributed by atoms with van der Waals surface area (Å²) in [6.45, 7) is 7.72. The zero-order chi connectivity index (χ0) is 15.3. The lowest BCUT2D eigenvalue weighted by atomic mass is 9.92. The van der Waals surface area contributed by atoms with Crippen LogP contribution in [-0.4, -0.2) is 52.6 Å². The number of carbonyl (C=O) groups is 2. The molecule has 2 amide bonds. The van der Waals surface area contributed by atoms with Crippen LogP contribution in [0.25, 0.3) is 0 Å². The first kappa shape index (κ1) is 16.8. The van der Waals surface area contributed by atoms with E-state index in [1.54, 1.807) is 0 Å². The minimum absolute atomic E-state index is 0.0912. The molecule has 0 unspecified atom stereocenters. The molecule has 0 aromatic heterocycles. The molecule has 1 fully saturated rings. The molecule has 116 valence electrons. The first-order chi connectivity index (χ1) is 9.27. The van der Waals surface area contributed by atoms with Crippen molar-refractivity contribution >= 4 is 12.0 Å². The smallest absolute Gasteiger partial charge is 0.320 e. The minimum atomic E-state index is -0.729. The zero-order valence-corrected chi connectivity index (χ0v) is 13.2. The van der Waals surface area contributed by atoms with Crippen LogP contribution in [0.2, 0.25) is 0 Å². The Kier molecular flexibility index (Phi) is 5.84. The molecule has 1 aliphatic heterocycles. The molecule has 1 saturated heterocycles. The minimum Gasteiger partial charge on any atom is -0.481 e. The van der Waals surface area contributed by atoms with E-state index < -0.39 is 5.97 Å². The van der Waals surface area contributed by atoms with Gasteiger partial charge in [-0.05, 0) is 45.4 Å². The summed E-state index contributed by atoms with van der Waals surface area (Å²) in [5, 5.41) is 8.70. The van der Waals surface area contributed by atoms with Gasteiger partial charge in [0.25, 0.3) is 0 Å². The van der Waals surface area contributed by atoms with E-state index in [0.717, 1.165) is 38.8 Å². The summed E-state index contributed by atoms with van der Waals surface area (Å²) >= 11 is 0. The second kappa shape index (κ2) is 6.95. The van der Waals surface area contributed by atoms with Gasteiger partial charge in [-0.15, -0.1) is 0 Å². The lowest BCUT2D eigenvalue weighted by Crippen LogP contribution is -2.52. The van der Waals surface area contributed by atoms with E-state index in [9.17, 15) is 9.59 Å². The van der Waals surface area contributed by atoms with Gasteiger partial charge in [0.05, 0.1) is 0 Å². The summed E-state index contributed by atoms with van der Waals surface area (Å²) in [6, 6.07) is 0.0912. The van der Waals surface area contributed by atoms with Crippen molar-refractivity contribution in [3.8, 4) is 0 Å². The molecule has 0 aliphatic carbocycles. The topological polar surface area (TPSA) is 60.9 Å². The monoisotopic (exact) mass is 284 g/mol. The highest BCUT2D eigenvalue weighted by molar-refractivity contribution is 5.75. The van der Waals surface area contributed by atoms with Gasteiger partial charge >= 0.3 is 12.0 Å². The predicted octanol–water partition coefficient (Wildman–Crippen LogP) is 2.80. The summed E-state index contributed by atoms with van der Waals surface area (Å²) in [4.78, 5) is 26.7. The van der Waals surface area contributed by atoms with E-state index >= 15 is 0 Å². The quantitative estimate of drug-likeness (QED) is 0.844. The molecule has 1 N–H and O–H groups in total. The SMILES string of the molecule is CCC(C)(C)N(C)C(=O)N1CCC(CCC(=O)O)CC1. The van der Waals surface area contributed by atoms with Gasteiger partial charge in [-0.2, -0.15) is 0 Å². The summed E-state index contributed by atoms with van der Waals surface area (Å²) < 4.78 is 0. The highest BCUT2D eigenvalue weighted by Gasteiger charge is 2.31. The molecule has 0 aromatic rings. The Morgan fingerprint density at radius 3 is 2.30 bits per heavy atom. The zero-order valence-electron chi connectivity index (χ0n) is 13.2. The number of carboxylic acids is 1. The number of carbonyl (C=O) groups excluding carboxylic acids is 1. The van der Waals surface area contributed by atoms with Gasteiger partial charge in [0, 0.05) is 32.1 Å². The van der Waals surface area contributed by atoms with Crippen molar-refractivity contribution in [3.05, 3.63) is 0 Å². The van der Waals surface area contributed by atoms with E-state index in [1.807, 2.05) is 16.8 Å². The van der Waals surface area contributed by atoms with Crippen LogP contribution < -0.4 is 0 Å². The number of nitrogens with zero attached hydrogens (tertiary/aromatic N) is 2. The molecule has 0 spiro atoms. The third kappa shape index (κ3) is 4.39. The summed E-state index contributed by atoms with van der Waals surface area (Å²) in [6.07, 6.45) is 3.72. The van der Waals surface area contributed by atoms with Gasteiger partial charge in [-0.3, -0.25) is 4.79 Å². The molecule has 0 radical (unpaired) electrons. The lowest BCUT2D eigenvalue weighted by Gasteiger charge is -2.40. The Hall–Kier alpha value is -1.26. The molecule has 0 bridgehead atoms. The molecular formula is C15H28N2O3. The van der Waals surface area contributed by atoms with Crippen LogP contribution in [0.5, 0.6) is 0 Å². The molecule has 0 aromatic carbocycles. The predicted molar refractivity (Wildman–Crippen MR) is 78.7 cm³/mol. The average molecular weight is 284 g/mol. The van der Waals surface area contributed by atoms with E-state index in [-0.39, 0.29) is 18.0 Å². The van der Waals surface area contributed by atoms with Gasteiger partial charge < -0.3 is 14.9 Å². The first-order valence-corrected chi connectivity index (χ1v) is 7.52. The fourth-order valence-electron chi connectivity index (χ4n) is 2.45. The van der Waals surface area contributed by atoms with Gasteiger partial charge in [0.1, 0.15) is 0 Å². The number of amides is 2. The van der Waals surface area contributed by atoms with Gasteiger partial charge in [0.2, 0.25) is 0 Å². The Balaban J connectivity index is 2.45. The van der Waals surface area contributed by atoms with Crippen molar-refractivity contribution in [2.45, 2.75) is 58.4 Å². The van der Waals surface area contributed by atoms with E-state index in [0.29, 0.717) is 5.92 Å². The van der Waals surface area contributed by atoms with E-state index in [4.69, 9.17) is 5.11 Å². The largest absolute Gasteiger partial charge is 0.481 e.